The van der Waals surface area contributed by atoms with Gasteiger partial charge >= 0.3 is 12.0 Å². The highest BCUT2D eigenvalue weighted by Crippen LogP contribution is 2.31. The van der Waals surface area contributed by atoms with E-state index in [-0.39, 0.29) is 0 Å². The smallest absolute Gasteiger partial charge is 0.353 e. The molecule has 1 N–H and O–H groups in total. The average molecular weight is 150 g/mol. The van der Waals surface area contributed by atoms with Gasteiger partial charge in [0.1, 0.15) is 0 Å². The first kappa shape index (κ1) is 8.61. The van der Waals surface area contributed by atoms with Gasteiger partial charge in [-0.25, -0.2) is 4.39 Å². The summed E-state index contributed by atoms with van der Waals surface area (Å²) in [4.78, 5) is 0. The van der Waals surface area contributed by atoms with E-state index in [1.165, 1.54) is 0 Å². The van der Waals surface area contributed by atoms with Crippen molar-refractivity contribution in [3.63, 3.8) is 0 Å². The second kappa shape index (κ2) is 2.09. The van der Waals surface area contributed by atoms with E-state index >= 15 is 0 Å². The summed E-state index contributed by atoms with van der Waals surface area (Å²) in [6.07, 6.45) is -5.54. The van der Waals surface area contributed by atoms with Crippen LogP contribution in [0.3, 0.4) is 0 Å². The van der Waals surface area contributed by atoms with Gasteiger partial charge in [0.15, 0.2) is 6.67 Å². The van der Waals surface area contributed by atoms with Gasteiger partial charge in [-0.15, -0.1) is 0 Å². The van der Waals surface area contributed by atoms with Gasteiger partial charge in [0, 0.05) is 0 Å². The third-order valence-electron chi connectivity index (χ3n) is 0.611. The Kier molecular flexibility index (Phi) is 2.00. The summed E-state index contributed by atoms with van der Waals surface area (Å²) in [5.74, 6) is -4.69. The summed E-state index contributed by atoms with van der Waals surface area (Å²) in [5.41, 5.74) is 0. The third-order valence-corrected chi connectivity index (χ3v) is 0.611. The molecular formula is C3H3F5O. The number of hydrogen-bond acceptors (Lipinski definition) is 1. The van der Waals surface area contributed by atoms with Crippen molar-refractivity contribution in [2.24, 2.45) is 0 Å². The molecule has 6 heteroatoms. The first-order valence-corrected chi connectivity index (χ1v) is 1.85. The van der Waals surface area contributed by atoms with Gasteiger partial charge in [0.2, 0.25) is 0 Å². The Balaban J connectivity index is 4.14. The van der Waals surface area contributed by atoms with Crippen molar-refractivity contribution in [3.05, 3.63) is 0 Å². The van der Waals surface area contributed by atoms with Crippen LogP contribution in [0.4, 0.5) is 22.0 Å². The molecule has 0 aromatic heterocycles. The molecule has 56 valence electrons. The summed E-state index contributed by atoms with van der Waals surface area (Å²) in [7, 11) is 0. The molecule has 0 aromatic rings. The van der Waals surface area contributed by atoms with E-state index in [9.17, 15) is 22.0 Å². The standard InChI is InChI=1S/C3H3F5O/c4-1-2(5,9)3(6,7)8/h9H,1H2. The van der Waals surface area contributed by atoms with Gasteiger partial charge in [0.05, 0.1) is 0 Å². The number of rotatable bonds is 1. The van der Waals surface area contributed by atoms with Gasteiger partial charge in [-0.1, -0.05) is 0 Å². The topological polar surface area (TPSA) is 20.2 Å². The highest BCUT2D eigenvalue weighted by molar-refractivity contribution is 4.72. The molecule has 0 spiro atoms. The zero-order chi connectivity index (χ0) is 7.71. The molecule has 0 aliphatic carbocycles. The van der Waals surface area contributed by atoms with Crippen molar-refractivity contribution in [1.29, 1.82) is 0 Å². The monoisotopic (exact) mass is 150 g/mol. The average Bonchev–Trinajstić information content (AvgIpc) is 1.64. The lowest BCUT2D eigenvalue weighted by Crippen LogP contribution is -2.42. The maximum atomic E-state index is 11.4. The van der Waals surface area contributed by atoms with Gasteiger partial charge in [0.25, 0.3) is 0 Å². The van der Waals surface area contributed by atoms with Crippen LogP contribution in [0.15, 0.2) is 0 Å². The Morgan fingerprint density at radius 3 is 1.44 bits per heavy atom. The first-order chi connectivity index (χ1) is 3.81. The Morgan fingerprint density at radius 2 is 1.44 bits per heavy atom. The predicted octanol–water partition coefficient (Wildman–Crippen LogP) is 1.18. The van der Waals surface area contributed by atoms with Crippen LogP contribution in [0.1, 0.15) is 0 Å². The van der Waals surface area contributed by atoms with Crippen molar-refractivity contribution in [1.82, 2.24) is 0 Å². The third kappa shape index (κ3) is 1.78. The summed E-state index contributed by atoms with van der Waals surface area (Å²) >= 11 is 0. The molecule has 0 amide bonds. The second-order valence-electron chi connectivity index (χ2n) is 1.39. The van der Waals surface area contributed by atoms with E-state index < -0.39 is 18.7 Å². The molecule has 0 aromatic carbocycles. The van der Waals surface area contributed by atoms with Crippen LogP contribution in [0.5, 0.6) is 0 Å². The molecular weight excluding hydrogens is 147 g/mol. The second-order valence-corrected chi connectivity index (χ2v) is 1.39. The fraction of sp³-hybridized carbons (Fsp3) is 1.00. The summed E-state index contributed by atoms with van der Waals surface area (Å²) < 4.78 is 55.2. The Labute approximate surface area is 47.1 Å². The maximum absolute atomic E-state index is 11.4. The van der Waals surface area contributed by atoms with Crippen LogP contribution < -0.4 is 0 Å². The van der Waals surface area contributed by atoms with Gasteiger partial charge in [-0.2, -0.15) is 17.6 Å². The van der Waals surface area contributed by atoms with E-state index in [1.54, 1.807) is 0 Å². The van der Waals surface area contributed by atoms with Crippen molar-refractivity contribution < 1.29 is 27.1 Å². The number of hydrogen-bond donors (Lipinski definition) is 1. The Hall–Kier alpha value is -0.390. The number of alkyl halides is 5. The lowest BCUT2D eigenvalue weighted by molar-refractivity contribution is -0.318. The molecule has 0 saturated heterocycles. The quantitative estimate of drug-likeness (QED) is 0.556. The molecule has 0 bridgehead atoms. The van der Waals surface area contributed by atoms with Crippen molar-refractivity contribution >= 4 is 0 Å². The molecule has 1 atom stereocenters. The van der Waals surface area contributed by atoms with Crippen LogP contribution in [0, 0.1) is 0 Å². The minimum atomic E-state index is -5.54. The fourth-order valence-corrected chi connectivity index (χ4v) is 0.0758. The zero-order valence-electron chi connectivity index (χ0n) is 4.04. The number of aliphatic hydroxyl groups is 1. The predicted molar refractivity (Wildman–Crippen MR) is 18.1 cm³/mol. The summed E-state index contributed by atoms with van der Waals surface area (Å²) in [6, 6.07) is 0. The van der Waals surface area contributed by atoms with Crippen LogP contribution >= 0.6 is 0 Å². The van der Waals surface area contributed by atoms with E-state index in [0.29, 0.717) is 0 Å². The van der Waals surface area contributed by atoms with Gasteiger partial charge < -0.3 is 5.11 Å². The highest BCUT2D eigenvalue weighted by Gasteiger charge is 2.55. The van der Waals surface area contributed by atoms with Gasteiger partial charge in [-0.05, 0) is 0 Å². The van der Waals surface area contributed by atoms with Crippen molar-refractivity contribution in [2.45, 2.75) is 12.0 Å². The van der Waals surface area contributed by atoms with E-state index in [0.717, 1.165) is 0 Å². The lowest BCUT2D eigenvalue weighted by atomic mass is 10.3. The maximum Gasteiger partial charge on any atom is 0.450 e. The summed E-state index contributed by atoms with van der Waals surface area (Å²) in [6.45, 7) is -2.48. The highest BCUT2D eigenvalue weighted by atomic mass is 19.4. The molecule has 0 saturated carbocycles. The van der Waals surface area contributed by atoms with E-state index in [1.807, 2.05) is 0 Å². The molecule has 0 radical (unpaired) electrons. The molecule has 1 unspecified atom stereocenters. The van der Waals surface area contributed by atoms with E-state index in [4.69, 9.17) is 5.11 Å². The minimum absolute atomic E-state index is 2.48. The van der Waals surface area contributed by atoms with Crippen molar-refractivity contribution in [2.75, 3.05) is 6.67 Å². The zero-order valence-corrected chi connectivity index (χ0v) is 4.04. The normalized spacial score (nSPS) is 19.3. The minimum Gasteiger partial charge on any atom is -0.353 e. The molecule has 0 fully saturated rings. The molecule has 0 heterocycles. The van der Waals surface area contributed by atoms with Gasteiger partial charge in [-0.3, -0.25) is 0 Å². The van der Waals surface area contributed by atoms with Crippen molar-refractivity contribution in [3.8, 4) is 0 Å². The largest absolute Gasteiger partial charge is 0.450 e. The molecule has 0 rings (SSSR count). The van der Waals surface area contributed by atoms with Crippen LogP contribution in [-0.2, 0) is 0 Å². The van der Waals surface area contributed by atoms with Crippen LogP contribution in [0.25, 0.3) is 0 Å². The van der Waals surface area contributed by atoms with Crippen LogP contribution in [-0.4, -0.2) is 23.8 Å². The molecule has 0 aliphatic heterocycles. The molecule has 0 aliphatic rings. The lowest BCUT2D eigenvalue weighted by Gasteiger charge is -2.17. The SMILES string of the molecule is OC(F)(CF)C(F)(F)F. The van der Waals surface area contributed by atoms with Crippen LogP contribution in [0.2, 0.25) is 0 Å². The first-order valence-electron chi connectivity index (χ1n) is 1.85. The summed E-state index contributed by atoms with van der Waals surface area (Å²) in [5, 5.41) is 7.49. The fourth-order valence-electron chi connectivity index (χ4n) is 0.0758. The molecule has 1 nitrogen and oxygen atoms in total. The molecule has 9 heavy (non-hydrogen) atoms. The number of halogens is 5. The van der Waals surface area contributed by atoms with E-state index in [2.05, 4.69) is 0 Å². The Bertz CT molecular complexity index is 94.9. The Morgan fingerprint density at radius 1 is 1.11 bits per heavy atom.